The third kappa shape index (κ3) is 8.53. The van der Waals surface area contributed by atoms with Gasteiger partial charge in [-0.05, 0) is 93.4 Å². The van der Waals surface area contributed by atoms with E-state index in [9.17, 15) is 14.4 Å². The molecule has 3 aromatic carbocycles. The number of ether oxygens (including phenoxy) is 4. The van der Waals surface area contributed by atoms with Crippen molar-refractivity contribution in [1.82, 2.24) is 20.6 Å². The van der Waals surface area contributed by atoms with E-state index in [0.717, 1.165) is 38.4 Å². The number of hydrogen-bond donors (Lipinski definition) is 3. The zero-order chi connectivity index (χ0) is 35.8. The zero-order valence-electron chi connectivity index (χ0n) is 28.3. The molecule has 0 spiro atoms. The minimum atomic E-state index is -0.771. The number of nitrogens with zero attached hydrogens (tertiary/aromatic N) is 2. The van der Waals surface area contributed by atoms with Crippen LogP contribution in [-0.4, -0.2) is 49.0 Å². The maximum atomic E-state index is 12.7. The van der Waals surface area contributed by atoms with Crippen LogP contribution in [-0.2, 0) is 20.9 Å². The number of halogens is 1. The van der Waals surface area contributed by atoms with Gasteiger partial charge in [0.05, 0.1) is 31.5 Å². The van der Waals surface area contributed by atoms with Crippen molar-refractivity contribution in [3.05, 3.63) is 117 Å². The number of methoxy groups -OCH3 is 1. The number of aromatic nitrogens is 1. The van der Waals surface area contributed by atoms with Gasteiger partial charge in [-0.1, -0.05) is 34.1 Å². The molecule has 4 aromatic rings. The van der Waals surface area contributed by atoms with Gasteiger partial charge in [0, 0.05) is 32.8 Å². The number of allylic oxidation sites excluding steroid dienone is 1. The van der Waals surface area contributed by atoms with Crippen molar-refractivity contribution in [2.75, 3.05) is 20.3 Å². The fourth-order valence-corrected chi connectivity index (χ4v) is 5.77. The highest BCUT2D eigenvalue weighted by Crippen LogP contribution is 2.34. The van der Waals surface area contributed by atoms with Gasteiger partial charge < -0.3 is 34.1 Å². The van der Waals surface area contributed by atoms with E-state index in [0.29, 0.717) is 29.4 Å². The van der Waals surface area contributed by atoms with E-state index in [1.165, 1.54) is 7.11 Å². The van der Waals surface area contributed by atoms with E-state index >= 15 is 0 Å². The van der Waals surface area contributed by atoms with E-state index in [2.05, 4.69) is 41.7 Å². The maximum Gasteiger partial charge on any atom is 0.338 e. The van der Waals surface area contributed by atoms with Gasteiger partial charge in [-0.2, -0.15) is 5.10 Å². The van der Waals surface area contributed by atoms with Gasteiger partial charge in [0.2, 0.25) is 0 Å². The van der Waals surface area contributed by atoms with Gasteiger partial charge in [0.1, 0.15) is 12.4 Å². The van der Waals surface area contributed by atoms with Crippen LogP contribution in [0.2, 0.25) is 0 Å². The minimum absolute atomic E-state index is 0.185. The van der Waals surface area contributed by atoms with Crippen molar-refractivity contribution >= 4 is 40.1 Å². The number of benzene rings is 3. The van der Waals surface area contributed by atoms with Crippen LogP contribution in [0.3, 0.4) is 0 Å². The second-order valence-electron chi connectivity index (χ2n) is 11.4. The summed E-state index contributed by atoms with van der Waals surface area (Å²) < 4.78 is 25.5. The molecule has 0 aliphatic carbocycles. The third-order valence-electron chi connectivity index (χ3n) is 7.92. The van der Waals surface area contributed by atoms with Gasteiger partial charge in [0.25, 0.3) is 5.91 Å². The zero-order valence-corrected chi connectivity index (χ0v) is 29.9. The minimum Gasteiger partial charge on any atom is -0.493 e. The first-order chi connectivity index (χ1) is 24.1. The summed E-state index contributed by atoms with van der Waals surface area (Å²) in [6.45, 7) is 7.65. The number of aryl methyl sites for hydroxylation is 1. The van der Waals surface area contributed by atoms with E-state index in [-0.39, 0.29) is 18.8 Å². The lowest BCUT2D eigenvalue weighted by molar-refractivity contribution is -0.139. The molecular formula is C37H38BrN5O7. The van der Waals surface area contributed by atoms with Crippen molar-refractivity contribution in [1.29, 1.82) is 0 Å². The molecule has 1 aromatic heterocycles. The number of rotatable bonds is 13. The SMILES string of the molecule is CCOC(=O)C1=C(C)NC(=O)N[C@@H]1c1ccc(OCC(=O)N/N=C/c2cc(C)n(-c3ccc(OCc4ccc(Br)cc4)cc3)c2C)c(OC)c1. The van der Waals surface area contributed by atoms with Crippen molar-refractivity contribution in [2.24, 2.45) is 5.10 Å². The monoisotopic (exact) mass is 743 g/mol. The summed E-state index contributed by atoms with van der Waals surface area (Å²) in [5, 5.41) is 9.49. The number of carbonyl (C=O) groups is 3. The molecular weight excluding hydrogens is 706 g/mol. The van der Waals surface area contributed by atoms with Crippen LogP contribution in [0.15, 0.2) is 93.6 Å². The fourth-order valence-electron chi connectivity index (χ4n) is 5.51. The van der Waals surface area contributed by atoms with E-state index < -0.39 is 23.9 Å². The summed E-state index contributed by atoms with van der Waals surface area (Å²) in [5.74, 6) is 0.346. The Morgan fingerprint density at radius 3 is 2.42 bits per heavy atom. The normalized spacial score (nSPS) is 14.2. The van der Waals surface area contributed by atoms with Crippen LogP contribution in [0.5, 0.6) is 17.2 Å². The summed E-state index contributed by atoms with van der Waals surface area (Å²) in [7, 11) is 1.45. The smallest absolute Gasteiger partial charge is 0.338 e. The van der Waals surface area contributed by atoms with Crippen LogP contribution in [0, 0.1) is 13.8 Å². The average Bonchev–Trinajstić information content (AvgIpc) is 3.38. The second kappa shape index (κ2) is 16.2. The second-order valence-corrected chi connectivity index (χ2v) is 12.3. The Kier molecular flexibility index (Phi) is 11.6. The molecule has 3 N–H and O–H groups in total. The molecule has 5 rings (SSSR count). The van der Waals surface area contributed by atoms with Gasteiger partial charge >= 0.3 is 12.0 Å². The molecule has 50 heavy (non-hydrogen) atoms. The predicted octanol–water partition coefficient (Wildman–Crippen LogP) is 6.16. The highest BCUT2D eigenvalue weighted by Gasteiger charge is 2.32. The Labute approximate surface area is 298 Å². The molecule has 3 amide bonds. The molecule has 13 heteroatoms. The molecule has 0 unspecified atom stereocenters. The van der Waals surface area contributed by atoms with Crippen molar-refractivity contribution in [3.63, 3.8) is 0 Å². The highest BCUT2D eigenvalue weighted by atomic mass is 79.9. The summed E-state index contributed by atoms with van der Waals surface area (Å²) in [6.07, 6.45) is 1.59. The molecule has 0 radical (unpaired) electrons. The molecule has 0 bridgehead atoms. The Morgan fingerprint density at radius 1 is 0.980 bits per heavy atom. The Balaban J connectivity index is 1.18. The van der Waals surface area contributed by atoms with E-state index in [4.69, 9.17) is 18.9 Å². The Hall–Kier alpha value is -5.56. The van der Waals surface area contributed by atoms with Crippen LogP contribution in [0.4, 0.5) is 4.79 Å². The predicted molar refractivity (Wildman–Crippen MR) is 192 cm³/mol. The van der Waals surface area contributed by atoms with Crippen molar-refractivity contribution in [3.8, 4) is 22.9 Å². The van der Waals surface area contributed by atoms with Crippen LogP contribution >= 0.6 is 15.9 Å². The maximum absolute atomic E-state index is 12.7. The lowest BCUT2D eigenvalue weighted by Crippen LogP contribution is -2.45. The van der Waals surface area contributed by atoms with Crippen LogP contribution in [0.25, 0.3) is 5.69 Å². The van der Waals surface area contributed by atoms with Crippen LogP contribution < -0.4 is 30.3 Å². The number of hydrazone groups is 1. The molecule has 12 nitrogen and oxygen atoms in total. The summed E-state index contributed by atoms with van der Waals surface area (Å²) in [4.78, 5) is 37.5. The fraction of sp³-hybridized carbons (Fsp3) is 0.243. The van der Waals surface area contributed by atoms with Crippen LogP contribution in [0.1, 0.15) is 48.0 Å². The number of urea groups is 1. The number of esters is 1. The summed E-state index contributed by atoms with van der Waals surface area (Å²) >= 11 is 3.45. The first-order valence-corrected chi connectivity index (χ1v) is 16.6. The largest absolute Gasteiger partial charge is 0.493 e. The molecule has 1 aliphatic rings. The first kappa shape index (κ1) is 35.7. The highest BCUT2D eigenvalue weighted by molar-refractivity contribution is 9.10. The Morgan fingerprint density at radius 2 is 1.72 bits per heavy atom. The van der Waals surface area contributed by atoms with E-state index in [1.54, 1.807) is 38.3 Å². The lowest BCUT2D eigenvalue weighted by Gasteiger charge is -2.28. The standard InChI is InChI=1S/C37H38BrN5O7/c1-6-48-36(45)34-23(3)40-37(46)41-35(34)26-9-16-31(32(18-26)47-5)50-21-33(44)42-39-19-27-17-22(2)43(24(27)4)29-12-14-30(15-13-29)49-20-25-7-10-28(38)11-8-25/h7-19,35H,6,20-21H2,1-5H3,(H,42,44)(H2,40,41,46)/b39-19+/t35-/m1/s1. The molecule has 260 valence electrons. The molecule has 0 saturated carbocycles. The van der Waals surface area contributed by atoms with E-state index in [1.807, 2.05) is 68.4 Å². The Bertz CT molecular complexity index is 1930. The molecule has 0 fully saturated rings. The van der Waals surface area contributed by atoms with Gasteiger partial charge in [-0.15, -0.1) is 0 Å². The number of hydrogen-bond acceptors (Lipinski definition) is 8. The van der Waals surface area contributed by atoms with Gasteiger partial charge in [-0.3, -0.25) is 4.79 Å². The number of nitrogens with one attached hydrogen (secondary N) is 3. The number of amides is 3. The molecule has 2 heterocycles. The van der Waals surface area contributed by atoms with Gasteiger partial charge in [-0.25, -0.2) is 15.0 Å². The van der Waals surface area contributed by atoms with Crippen molar-refractivity contribution < 1.29 is 33.3 Å². The topological polar surface area (TPSA) is 142 Å². The molecule has 1 atom stereocenters. The molecule has 1 aliphatic heterocycles. The summed E-state index contributed by atoms with van der Waals surface area (Å²) in [6, 6.07) is 21.6. The average molecular weight is 745 g/mol. The van der Waals surface area contributed by atoms with Gasteiger partial charge in [0.15, 0.2) is 18.1 Å². The molecule has 0 saturated heterocycles. The third-order valence-corrected chi connectivity index (χ3v) is 8.45. The lowest BCUT2D eigenvalue weighted by atomic mass is 9.95. The number of carbonyl (C=O) groups excluding carboxylic acids is 3. The first-order valence-electron chi connectivity index (χ1n) is 15.8. The quantitative estimate of drug-likeness (QED) is 0.0846. The summed E-state index contributed by atoms with van der Waals surface area (Å²) in [5.41, 5.74) is 8.58. The van der Waals surface area contributed by atoms with Crippen molar-refractivity contribution in [2.45, 2.75) is 40.3 Å².